The second-order valence-electron chi connectivity index (χ2n) is 9.14. The molecule has 0 spiro atoms. The summed E-state index contributed by atoms with van der Waals surface area (Å²) in [5.74, 6) is -0.582. The fourth-order valence-electron chi connectivity index (χ4n) is 4.60. The SMILES string of the molecule is O=C(Nc1n[nH]c2c1CN(S(=O)(=O)c1cccc(F)c1)C2)c1ccc2c(c1)NCCN2C(=O)C1CC1. The highest BCUT2D eigenvalue weighted by atomic mass is 32.2. The van der Waals surface area contributed by atoms with Crippen molar-refractivity contribution < 1.29 is 22.4 Å². The van der Waals surface area contributed by atoms with Crippen molar-refractivity contribution in [3.8, 4) is 0 Å². The number of anilines is 3. The third-order valence-corrected chi connectivity index (χ3v) is 8.47. The quantitative estimate of drug-likeness (QED) is 0.484. The van der Waals surface area contributed by atoms with Crippen molar-refractivity contribution in [2.24, 2.45) is 5.92 Å². The molecule has 1 aliphatic carbocycles. The zero-order valence-corrected chi connectivity index (χ0v) is 19.9. The third kappa shape index (κ3) is 3.91. The molecule has 2 amide bonds. The maximum Gasteiger partial charge on any atom is 0.256 e. The molecule has 6 rings (SSSR count). The molecule has 0 saturated heterocycles. The molecule has 0 unspecified atom stereocenters. The largest absolute Gasteiger partial charge is 0.382 e. The Morgan fingerprint density at radius 2 is 1.94 bits per heavy atom. The Hall–Kier alpha value is -3.77. The molecule has 3 N–H and O–H groups in total. The van der Waals surface area contributed by atoms with E-state index in [1.165, 1.54) is 22.5 Å². The van der Waals surface area contributed by atoms with E-state index in [0.29, 0.717) is 35.6 Å². The number of carbonyl (C=O) groups excluding carboxylic acids is 2. The van der Waals surface area contributed by atoms with Gasteiger partial charge in [-0.25, -0.2) is 12.8 Å². The lowest BCUT2D eigenvalue weighted by atomic mass is 10.1. The predicted molar refractivity (Wildman–Crippen MR) is 129 cm³/mol. The number of amides is 2. The highest BCUT2D eigenvalue weighted by Gasteiger charge is 2.36. The van der Waals surface area contributed by atoms with Crippen LogP contribution < -0.4 is 15.5 Å². The van der Waals surface area contributed by atoms with Crippen molar-refractivity contribution in [3.63, 3.8) is 0 Å². The van der Waals surface area contributed by atoms with E-state index in [2.05, 4.69) is 20.8 Å². The van der Waals surface area contributed by atoms with Crippen LogP contribution in [0.4, 0.5) is 21.6 Å². The Morgan fingerprint density at radius 1 is 1.11 bits per heavy atom. The molecule has 12 heteroatoms. The molecule has 3 aliphatic rings. The topological polar surface area (TPSA) is 128 Å². The van der Waals surface area contributed by atoms with E-state index in [1.54, 1.807) is 23.1 Å². The molecule has 0 bridgehead atoms. The number of benzene rings is 2. The van der Waals surface area contributed by atoms with Gasteiger partial charge < -0.3 is 15.5 Å². The number of aromatic nitrogens is 2. The maximum absolute atomic E-state index is 13.6. The monoisotopic (exact) mass is 510 g/mol. The van der Waals surface area contributed by atoms with Gasteiger partial charge in [-0.2, -0.15) is 9.40 Å². The second-order valence-corrected chi connectivity index (χ2v) is 11.1. The lowest BCUT2D eigenvalue weighted by molar-refractivity contribution is -0.119. The number of hydrogen-bond donors (Lipinski definition) is 3. The zero-order valence-electron chi connectivity index (χ0n) is 19.1. The summed E-state index contributed by atoms with van der Waals surface area (Å²) >= 11 is 0. The van der Waals surface area contributed by atoms with Crippen molar-refractivity contribution in [1.82, 2.24) is 14.5 Å². The number of sulfonamides is 1. The number of nitrogens with one attached hydrogen (secondary N) is 3. The van der Waals surface area contributed by atoms with Gasteiger partial charge in [-0.1, -0.05) is 6.07 Å². The van der Waals surface area contributed by atoms with Gasteiger partial charge in [-0.3, -0.25) is 14.7 Å². The third-order valence-electron chi connectivity index (χ3n) is 6.68. The van der Waals surface area contributed by atoms with Crippen LogP contribution in [0.3, 0.4) is 0 Å². The van der Waals surface area contributed by atoms with Crippen LogP contribution in [0.2, 0.25) is 0 Å². The molecule has 1 fully saturated rings. The van der Waals surface area contributed by atoms with Gasteiger partial charge in [-0.05, 0) is 49.2 Å². The zero-order chi connectivity index (χ0) is 25.0. The number of fused-ring (bicyclic) bond motifs is 2. The molecule has 3 heterocycles. The van der Waals surface area contributed by atoms with Crippen molar-refractivity contribution in [1.29, 1.82) is 0 Å². The summed E-state index contributed by atoms with van der Waals surface area (Å²) in [5.41, 5.74) is 2.96. The average Bonchev–Trinajstić information content (AvgIpc) is 3.53. The second kappa shape index (κ2) is 8.42. The van der Waals surface area contributed by atoms with Crippen LogP contribution >= 0.6 is 0 Å². The van der Waals surface area contributed by atoms with Gasteiger partial charge in [0.05, 0.1) is 28.5 Å². The molecule has 2 aromatic carbocycles. The highest BCUT2D eigenvalue weighted by Crippen LogP contribution is 2.37. The lowest BCUT2D eigenvalue weighted by Gasteiger charge is -2.30. The minimum Gasteiger partial charge on any atom is -0.382 e. The molecule has 3 aromatic rings. The highest BCUT2D eigenvalue weighted by molar-refractivity contribution is 7.89. The normalized spacial score (nSPS) is 17.3. The molecule has 0 atom stereocenters. The number of hydrogen-bond acceptors (Lipinski definition) is 6. The Bertz CT molecular complexity index is 1500. The molecule has 1 aromatic heterocycles. The van der Waals surface area contributed by atoms with Crippen LogP contribution in [0.1, 0.15) is 34.5 Å². The van der Waals surface area contributed by atoms with E-state index in [4.69, 9.17) is 0 Å². The standard InChI is InChI=1S/C24H23FN6O4S/c25-16-2-1-3-17(11-16)36(34,35)30-12-18-20(13-30)28-29-22(18)27-23(32)15-6-7-21-19(10-15)26-8-9-31(21)24(33)14-4-5-14/h1-3,6-7,10-11,14,26H,4-5,8-9,12-13H2,(H2,27,28,29,32). The Kier molecular flexibility index (Phi) is 5.30. The fraction of sp³-hybridized carbons (Fsp3) is 0.292. The number of H-pyrrole nitrogens is 1. The molecule has 2 aliphatic heterocycles. The van der Waals surface area contributed by atoms with Crippen LogP contribution in [0.15, 0.2) is 47.4 Å². The molecule has 1 saturated carbocycles. The Balaban J connectivity index is 1.19. The number of nitrogens with zero attached hydrogens (tertiary/aromatic N) is 3. The van der Waals surface area contributed by atoms with Gasteiger partial charge in [0.2, 0.25) is 15.9 Å². The summed E-state index contributed by atoms with van der Waals surface area (Å²) in [6.45, 7) is 1.20. The predicted octanol–water partition coefficient (Wildman–Crippen LogP) is 2.67. The minimum absolute atomic E-state index is 0.00965. The Morgan fingerprint density at radius 3 is 2.72 bits per heavy atom. The maximum atomic E-state index is 13.6. The van der Waals surface area contributed by atoms with Crippen LogP contribution in [0, 0.1) is 11.7 Å². The first kappa shape index (κ1) is 22.7. The van der Waals surface area contributed by atoms with Crippen molar-refractivity contribution in [2.45, 2.75) is 30.8 Å². The van der Waals surface area contributed by atoms with E-state index in [-0.39, 0.29) is 35.6 Å². The van der Waals surface area contributed by atoms with Crippen molar-refractivity contribution in [2.75, 3.05) is 28.6 Å². The number of aromatic amines is 1. The first-order valence-electron chi connectivity index (χ1n) is 11.6. The molecule has 0 radical (unpaired) electrons. The number of rotatable bonds is 5. The lowest BCUT2D eigenvalue weighted by Crippen LogP contribution is -2.39. The molecular weight excluding hydrogens is 487 g/mol. The van der Waals surface area contributed by atoms with Crippen LogP contribution in [-0.4, -0.2) is 47.8 Å². The Labute approximate surface area is 206 Å². The van der Waals surface area contributed by atoms with Gasteiger partial charge in [0.15, 0.2) is 5.82 Å². The van der Waals surface area contributed by atoms with Gasteiger partial charge in [-0.15, -0.1) is 0 Å². The first-order valence-corrected chi connectivity index (χ1v) is 13.1. The van der Waals surface area contributed by atoms with Crippen molar-refractivity contribution >= 4 is 39.0 Å². The van der Waals surface area contributed by atoms with E-state index >= 15 is 0 Å². The van der Waals surface area contributed by atoms with Gasteiger partial charge in [0.25, 0.3) is 5.91 Å². The molecule has 186 valence electrons. The van der Waals surface area contributed by atoms with Gasteiger partial charge in [0.1, 0.15) is 5.82 Å². The summed E-state index contributed by atoms with van der Waals surface area (Å²) in [6.07, 6.45) is 1.85. The van der Waals surface area contributed by atoms with Crippen LogP contribution in [0.5, 0.6) is 0 Å². The van der Waals surface area contributed by atoms with E-state index in [9.17, 15) is 22.4 Å². The average molecular weight is 511 g/mol. The summed E-state index contributed by atoms with van der Waals surface area (Å²) in [6, 6.07) is 9.97. The number of carbonyl (C=O) groups is 2. The van der Waals surface area contributed by atoms with E-state index < -0.39 is 21.7 Å². The fourth-order valence-corrected chi connectivity index (χ4v) is 6.01. The smallest absolute Gasteiger partial charge is 0.256 e. The van der Waals surface area contributed by atoms with Crippen LogP contribution in [-0.2, 0) is 27.9 Å². The van der Waals surface area contributed by atoms with Crippen molar-refractivity contribution in [3.05, 3.63) is 65.1 Å². The summed E-state index contributed by atoms with van der Waals surface area (Å²) < 4.78 is 40.7. The minimum atomic E-state index is -3.93. The molecule has 10 nitrogen and oxygen atoms in total. The van der Waals surface area contributed by atoms with E-state index in [0.717, 1.165) is 24.6 Å². The first-order chi connectivity index (χ1) is 17.3. The van der Waals surface area contributed by atoms with E-state index in [1.807, 2.05) is 0 Å². The number of halogens is 1. The molecule has 36 heavy (non-hydrogen) atoms. The van der Waals surface area contributed by atoms with Gasteiger partial charge >= 0.3 is 0 Å². The van der Waals surface area contributed by atoms with Crippen LogP contribution in [0.25, 0.3) is 0 Å². The summed E-state index contributed by atoms with van der Waals surface area (Å²) in [5, 5.41) is 12.9. The molecular formula is C24H23FN6O4S. The summed E-state index contributed by atoms with van der Waals surface area (Å²) in [7, 11) is -3.93. The summed E-state index contributed by atoms with van der Waals surface area (Å²) in [4.78, 5) is 27.3. The van der Waals surface area contributed by atoms with Gasteiger partial charge in [0, 0.05) is 36.7 Å².